The summed E-state index contributed by atoms with van der Waals surface area (Å²) in [7, 11) is 0. The number of carbonyl (C=O) groups is 6. The number of carboxylic acid groups (broad SMARTS) is 2. The number of aliphatic imine (C=N–C) groups is 1. The molecule has 0 fully saturated rings. The second-order valence-corrected chi connectivity index (χ2v) is 8.01. The highest BCUT2D eigenvalue weighted by molar-refractivity contribution is 5.96. The summed E-state index contributed by atoms with van der Waals surface area (Å²) in [6, 6.07) is -5.63. The molecular weight excluding hydrogens is 468 g/mol. The number of aliphatic carboxylic acids is 2. The number of rotatable bonds is 16. The third-order valence-corrected chi connectivity index (χ3v) is 4.58. The summed E-state index contributed by atoms with van der Waals surface area (Å²) in [6.07, 6.45) is -1.15. The molecule has 4 unspecified atom stereocenters. The smallest absolute Gasteiger partial charge is 0.326 e. The van der Waals surface area contributed by atoms with E-state index in [1.54, 1.807) is 13.8 Å². The topological polar surface area (TPSA) is 295 Å². The minimum atomic E-state index is -1.64. The molecular formula is C19H34N8O8. The first-order chi connectivity index (χ1) is 16.1. The Morgan fingerprint density at radius 1 is 0.829 bits per heavy atom. The van der Waals surface area contributed by atoms with E-state index in [4.69, 9.17) is 28.0 Å². The number of primary amides is 1. The lowest BCUT2D eigenvalue weighted by molar-refractivity contribution is -0.143. The van der Waals surface area contributed by atoms with E-state index in [-0.39, 0.29) is 25.3 Å². The molecule has 0 aromatic heterocycles. The van der Waals surface area contributed by atoms with E-state index in [9.17, 15) is 33.9 Å². The third kappa shape index (κ3) is 12.8. The Morgan fingerprint density at radius 2 is 1.40 bits per heavy atom. The summed E-state index contributed by atoms with van der Waals surface area (Å²) >= 11 is 0. The summed E-state index contributed by atoms with van der Waals surface area (Å²) in [4.78, 5) is 75.0. The molecule has 16 heteroatoms. The van der Waals surface area contributed by atoms with Gasteiger partial charge in [0, 0.05) is 6.54 Å². The fraction of sp³-hybridized carbons (Fsp3) is 0.632. The Bertz CT molecular complexity index is 828. The maximum atomic E-state index is 12.7. The van der Waals surface area contributed by atoms with Crippen molar-refractivity contribution in [1.82, 2.24) is 16.0 Å². The number of carboxylic acids is 2. The Morgan fingerprint density at radius 3 is 1.86 bits per heavy atom. The van der Waals surface area contributed by atoms with Crippen molar-refractivity contribution in [3.8, 4) is 0 Å². The Kier molecular flexibility index (Phi) is 13.4. The van der Waals surface area contributed by atoms with Crippen LogP contribution in [0.25, 0.3) is 0 Å². The van der Waals surface area contributed by atoms with Gasteiger partial charge in [-0.05, 0) is 18.8 Å². The molecule has 0 bridgehead atoms. The molecule has 0 radical (unpaired) electrons. The molecule has 0 aromatic carbocycles. The van der Waals surface area contributed by atoms with Crippen LogP contribution in [0.4, 0.5) is 0 Å². The van der Waals surface area contributed by atoms with Gasteiger partial charge in [-0.15, -0.1) is 0 Å². The summed E-state index contributed by atoms with van der Waals surface area (Å²) in [5.74, 6) is -7.22. The lowest BCUT2D eigenvalue weighted by atomic mass is 10.0. The first-order valence-electron chi connectivity index (χ1n) is 10.6. The van der Waals surface area contributed by atoms with E-state index in [1.807, 2.05) is 0 Å². The van der Waals surface area contributed by atoms with Gasteiger partial charge in [-0.25, -0.2) is 4.79 Å². The van der Waals surface area contributed by atoms with Gasteiger partial charge in [0.1, 0.15) is 18.1 Å². The largest absolute Gasteiger partial charge is 0.481 e. The lowest BCUT2D eigenvalue weighted by Gasteiger charge is -2.26. The van der Waals surface area contributed by atoms with E-state index in [2.05, 4.69) is 20.9 Å². The zero-order valence-corrected chi connectivity index (χ0v) is 19.5. The molecule has 4 atom stereocenters. The summed E-state index contributed by atoms with van der Waals surface area (Å²) in [5, 5.41) is 25.2. The van der Waals surface area contributed by atoms with Gasteiger partial charge < -0.3 is 49.1 Å². The molecule has 0 rings (SSSR count). The quantitative estimate of drug-likeness (QED) is 0.0555. The number of nitrogens with two attached hydrogens (primary N) is 4. The zero-order valence-electron chi connectivity index (χ0n) is 19.5. The number of hydrogen-bond acceptors (Lipinski definition) is 8. The molecule has 0 aliphatic heterocycles. The van der Waals surface area contributed by atoms with Crippen LogP contribution in [0, 0.1) is 5.92 Å². The number of hydrogen-bond donors (Lipinski definition) is 9. The van der Waals surface area contributed by atoms with E-state index >= 15 is 0 Å². The molecule has 16 nitrogen and oxygen atoms in total. The van der Waals surface area contributed by atoms with E-state index < -0.39 is 78.5 Å². The predicted molar refractivity (Wildman–Crippen MR) is 122 cm³/mol. The molecule has 0 aromatic rings. The lowest BCUT2D eigenvalue weighted by Crippen LogP contribution is -2.59. The Labute approximate surface area is 201 Å². The predicted octanol–water partition coefficient (Wildman–Crippen LogP) is -4.09. The van der Waals surface area contributed by atoms with Gasteiger partial charge in [0.2, 0.25) is 23.6 Å². The second kappa shape index (κ2) is 15.0. The Hall–Kier alpha value is -3.95. The van der Waals surface area contributed by atoms with Crippen LogP contribution in [-0.2, 0) is 28.8 Å². The van der Waals surface area contributed by atoms with Crippen LogP contribution in [-0.4, -0.2) is 82.5 Å². The van der Waals surface area contributed by atoms with Gasteiger partial charge in [-0.1, -0.05) is 13.8 Å². The van der Waals surface area contributed by atoms with Crippen molar-refractivity contribution in [3.05, 3.63) is 0 Å². The van der Waals surface area contributed by atoms with Crippen LogP contribution in [0.5, 0.6) is 0 Å². The summed E-state index contributed by atoms with van der Waals surface area (Å²) in [5.41, 5.74) is 20.9. The molecule has 0 saturated heterocycles. The molecule has 0 aliphatic rings. The zero-order chi connectivity index (χ0) is 27.3. The van der Waals surface area contributed by atoms with Crippen molar-refractivity contribution in [2.24, 2.45) is 33.8 Å². The highest BCUT2D eigenvalue weighted by Crippen LogP contribution is 2.07. The van der Waals surface area contributed by atoms with Crippen molar-refractivity contribution in [3.63, 3.8) is 0 Å². The summed E-state index contributed by atoms with van der Waals surface area (Å²) in [6.45, 7) is 3.26. The highest BCUT2D eigenvalue weighted by atomic mass is 16.4. The molecule has 0 aliphatic carbocycles. The number of guanidine groups is 1. The van der Waals surface area contributed by atoms with E-state index in [0.29, 0.717) is 0 Å². The van der Waals surface area contributed by atoms with Gasteiger partial charge in [-0.2, -0.15) is 0 Å². The average Bonchev–Trinajstić information content (AvgIpc) is 2.71. The third-order valence-electron chi connectivity index (χ3n) is 4.58. The van der Waals surface area contributed by atoms with Gasteiger partial charge >= 0.3 is 11.9 Å². The fourth-order valence-corrected chi connectivity index (χ4v) is 2.78. The molecule has 0 spiro atoms. The van der Waals surface area contributed by atoms with Gasteiger partial charge in [-0.3, -0.25) is 29.0 Å². The standard InChI is InChI=1S/C19H34N8O8/c1-8(2)14(17(33)25-10(18(34)35)4-3-5-24-19(22)23)27-16(32)11(7-13(29)30)26-15(31)9(20)6-12(21)28/h8-11,14H,3-7,20H2,1-2H3,(H2,21,28)(H,25,33)(H,26,31)(H,27,32)(H,29,30)(H,34,35)(H4,22,23,24). The fourth-order valence-electron chi connectivity index (χ4n) is 2.78. The summed E-state index contributed by atoms with van der Waals surface area (Å²) < 4.78 is 0. The number of carbonyl (C=O) groups excluding carboxylic acids is 4. The normalized spacial score (nSPS) is 14.1. The van der Waals surface area contributed by atoms with Crippen molar-refractivity contribution in [2.45, 2.75) is 63.7 Å². The first-order valence-corrected chi connectivity index (χ1v) is 10.6. The number of nitrogens with one attached hydrogen (secondary N) is 3. The van der Waals surface area contributed by atoms with Crippen molar-refractivity contribution >= 4 is 41.5 Å². The van der Waals surface area contributed by atoms with Crippen LogP contribution >= 0.6 is 0 Å². The molecule has 198 valence electrons. The van der Waals surface area contributed by atoms with Crippen molar-refractivity contribution in [1.29, 1.82) is 0 Å². The SMILES string of the molecule is CC(C)C(NC(=O)C(CC(=O)O)NC(=O)C(N)CC(N)=O)C(=O)NC(CCCN=C(N)N)C(=O)O. The van der Waals surface area contributed by atoms with Crippen molar-refractivity contribution < 1.29 is 39.0 Å². The molecule has 4 amide bonds. The monoisotopic (exact) mass is 502 g/mol. The van der Waals surface area contributed by atoms with Crippen LogP contribution in [0.2, 0.25) is 0 Å². The average molecular weight is 503 g/mol. The van der Waals surface area contributed by atoms with Crippen molar-refractivity contribution in [2.75, 3.05) is 6.54 Å². The maximum absolute atomic E-state index is 12.7. The van der Waals surface area contributed by atoms with Crippen LogP contribution in [0.3, 0.4) is 0 Å². The molecule has 35 heavy (non-hydrogen) atoms. The van der Waals surface area contributed by atoms with Crippen LogP contribution < -0.4 is 38.9 Å². The van der Waals surface area contributed by atoms with Gasteiger partial charge in [0.25, 0.3) is 0 Å². The molecule has 0 saturated carbocycles. The highest BCUT2D eigenvalue weighted by Gasteiger charge is 2.32. The van der Waals surface area contributed by atoms with E-state index in [0.717, 1.165) is 0 Å². The second-order valence-electron chi connectivity index (χ2n) is 8.01. The molecule has 0 heterocycles. The number of nitrogens with zero attached hydrogens (tertiary/aromatic N) is 1. The minimum Gasteiger partial charge on any atom is -0.481 e. The van der Waals surface area contributed by atoms with Crippen LogP contribution in [0.1, 0.15) is 39.5 Å². The van der Waals surface area contributed by atoms with Gasteiger partial charge in [0.05, 0.1) is 18.9 Å². The maximum Gasteiger partial charge on any atom is 0.326 e. The van der Waals surface area contributed by atoms with Gasteiger partial charge in [0.15, 0.2) is 5.96 Å². The molecule has 13 N–H and O–H groups in total. The van der Waals surface area contributed by atoms with E-state index in [1.165, 1.54) is 0 Å². The Balaban J connectivity index is 5.40. The number of amides is 4. The first kappa shape index (κ1) is 31.0. The van der Waals surface area contributed by atoms with Crippen LogP contribution in [0.15, 0.2) is 4.99 Å². The minimum absolute atomic E-state index is 0.00787.